The Labute approximate surface area is 117 Å². The molecule has 6 nitrogen and oxygen atoms in total. The molecule has 2 atom stereocenters. The van der Waals surface area contributed by atoms with E-state index in [1.807, 2.05) is 31.2 Å². The number of carboxylic acids is 1. The summed E-state index contributed by atoms with van der Waals surface area (Å²) in [6, 6.07) is 7.10. The molecule has 6 heteroatoms. The van der Waals surface area contributed by atoms with Crippen LogP contribution in [0.25, 0.3) is 0 Å². The molecule has 0 fully saturated rings. The molecule has 1 aromatic rings. The van der Waals surface area contributed by atoms with Gasteiger partial charge in [0.1, 0.15) is 5.75 Å². The second-order valence-electron chi connectivity index (χ2n) is 4.80. The number of amides is 2. The Kier molecular flexibility index (Phi) is 4.45. The first-order valence-electron chi connectivity index (χ1n) is 6.58. The molecule has 2 rings (SSSR count). The smallest absolute Gasteiger partial charge is 0.315 e. The van der Waals surface area contributed by atoms with Crippen LogP contribution >= 0.6 is 0 Å². The molecule has 1 aliphatic heterocycles. The van der Waals surface area contributed by atoms with Gasteiger partial charge in [-0.1, -0.05) is 18.2 Å². The van der Waals surface area contributed by atoms with Crippen LogP contribution in [0.1, 0.15) is 31.4 Å². The summed E-state index contributed by atoms with van der Waals surface area (Å²) in [5, 5.41) is 13.9. The fourth-order valence-corrected chi connectivity index (χ4v) is 2.23. The molecule has 0 radical (unpaired) electrons. The van der Waals surface area contributed by atoms with Crippen LogP contribution in [-0.2, 0) is 4.79 Å². The predicted octanol–water partition coefficient (Wildman–Crippen LogP) is 1.67. The van der Waals surface area contributed by atoms with E-state index in [9.17, 15) is 9.59 Å². The second-order valence-corrected chi connectivity index (χ2v) is 4.80. The van der Waals surface area contributed by atoms with Gasteiger partial charge in [0.05, 0.1) is 18.6 Å². The Morgan fingerprint density at radius 2 is 2.15 bits per heavy atom. The maximum absolute atomic E-state index is 11.8. The van der Waals surface area contributed by atoms with Gasteiger partial charge in [-0.05, 0) is 13.0 Å². The Bertz CT molecular complexity index is 504. The summed E-state index contributed by atoms with van der Waals surface area (Å²) in [5.74, 6) is -0.155. The Morgan fingerprint density at radius 3 is 2.90 bits per heavy atom. The Balaban J connectivity index is 1.95. The first-order valence-corrected chi connectivity index (χ1v) is 6.58. The second kappa shape index (κ2) is 6.27. The highest BCUT2D eigenvalue weighted by molar-refractivity contribution is 5.75. The molecule has 0 aliphatic carbocycles. The van der Waals surface area contributed by atoms with E-state index >= 15 is 0 Å². The van der Waals surface area contributed by atoms with Gasteiger partial charge in [-0.25, -0.2) is 4.79 Å². The number of aliphatic carboxylic acids is 1. The normalized spacial score (nSPS) is 20.4. The van der Waals surface area contributed by atoms with Gasteiger partial charge in [-0.15, -0.1) is 0 Å². The fourth-order valence-electron chi connectivity index (χ4n) is 2.23. The molecular formula is C14H18N2O4. The molecule has 108 valence electrons. The molecule has 3 N–H and O–H groups in total. The molecule has 1 heterocycles. The maximum Gasteiger partial charge on any atom is 0.315 e. The van der Waals surface area contributed by atoms with E-state index in [2.05, 4.69) is 10.6 Å². The molecular weight excluding hydrogens is 260 g/mol. The molecule has 0 saturated carbocycles. The van der Waals surface area contributed by atoms with E-state index in [-0.39, 0.29) is 31.1 Å². The quantitative estimate of drug-likeness (QED) is 0.781. The summed E-state index contributed by atoms with van der Waals surface area (Å²) in [6.45, 7) is 2.06. The monoisotopic (exact) mass is 278 g/mol. The molecule has 0 aromatic heterocycles. The zero-order valence-electron chi connectivity index (χ0n) is 11.3. The Morgan fingerprint density at radius 1 is 1.40 bits per heavy atom. The number of benzene rings is 1. The zero-order chi connectivity index (χ0) is 14.5. The van der Waals surface area contributed by atoms with Crippen LogP contribution in [0, 0.1) is 0 Å². The van der Waals surface area contributed by atoms with Crippen molar-refractivity contribution in [2.45, 2.75) is 31.9 Å². The fraction of sp³-hybridized carbons (Fsp3) is 0.429. The standard InChI is InChI=1S/C14H18N2O4/c1-9-8-11(10-4-2-3-5-12(10)20-9)16-14(19)15-7-6-13(17)18/h2-5,9,11H,6-8H2,1H3,(H,17,18)(H2,15,16,19)/t9-,11-/m1/s1. The van der Waals surface area contributed by atoms with Crippen LogP contribution in [0.3, 0.4) is 0 Å². The van der Waals surface area contributed by atoms with Gasteiger partial charge in [-0.2, -0.15) is 0 Å². The number of carboxylic acid groups (broad SMARTS) is 1. The van der Waals surface area contributed by atoms with Gasteiger partial charge < -0.3 is 20.5 Å². The summed E-state index contributed by atoms with van der Waals surface area (Å²) in [5.41, 5.74) is 0.944. The number of fused-ring (bicyclic) bond motifs is 1. The number of nitrogens with one attached hydrogen (secondary N) is 2. The van der Waals surface area contributed by atoms with Crippen molar-refractivity contribution in [3.8, 4) is 5.75 Å². The minimum atomic E-state index is -0.935. The largest absolute Gasteiger partial charge is 0.490 e. The van der Waals surface area contributed by atoms with E-state index in [0.717, 1.165) is 11.3 Å². The van der Waals surface area contributed by atoms with Crippen LogP contribution < -0.4 is 15.4 Å². The number of hydrogen-bond acceptors (Lipinski definition) is 3. The summed E-state index contributed by atoms with van der Waals surface area (Å²) >= 11 is 0. The molecule has 1 aliphatic rings. The first kappa shape index (κ1) is 14.2. The van der Waals surface area contributed by atoms with Crippen molar-refractivity contribution in [2.75, 3.05) is 6.54 Å². The van der Waals surface area contributed by atoms with Gasteiger partial charge in [-0.3, -0.25) is 4.79 Å². The van der Waals surface area contributed by atoms with Gasteiger partial charge in [0.2, 0.25) is 0 Å². The third-order valence-electron chi connectivity index (χ3n) is 3.12. The van der Waals surface area contributed by atoms with Crippen LogP contribution in [0.4, 0.5) is 4.79 Å². The molecule has 1 aromatic carbocycles. The number of carbonyl (C=O) groups is 2. The molecule has 20 heavy (non-hydrogen) atoms. The molecule has 2 amide bonds. The third kappa shape index (κ3) is 3.63. The molecule has 0 spiro atoms. The minimum Gasteiger partial charge on any atom is -0.490 e. The van der Waals surface area contributed by atoms with Crippen LogP contribution in [-0.4, -0.2) is 29.8 Å². The predicted molar refractivity (Wildman–Crippen MR) is 72.7 cm³/mol. The highest BCUT2D eigenvalue weighted by Crippen LogP contribution is 2.34. The highest BCUT2D eigenvalue weighted by atomic mass is 16.5. The minimum absolute atomic E-state index is 0.0224. The maximum atomic E-state index is 11.8. The van der Waals surface area contributed by atoms with Crippen LogP contribution in [0.2, 0.25) is 0 Å². The van der Waals surface area contributed by atoms with Crippen molar-refractivity contribution < 1.29 is 19.4 Å². The van der Waals surface area contributed by atoms with Gasteiger partial charge in [0, 0.05) is 18.5 Å². The van der Waals surface area contributed by atoms with Crippen molar-refractivity contribution >= 4 is 12.0 Å². The lowest BCUT2D eigenvalue weighted by molar-refractivity contribution is -0.136. The number of rotatable bonds is 4. The summed E-state index contributed by atoms with van der Waals surface area (Å²) in [6.07, 6.45) is 0.617. The van der Waals surface area contributed by atoms with Crippen LogP contribution in [0.5, 0.6) is 5.75 Å². The van der Waals surface area contributed by atoms with E-state index in [0.29, 0.717) is 6.42 Å². The van der Waals surface area contributed by atoms with Gasteiger partial charge >= 0.3 is 12.0 Å². The number of urea groups is 1. The summed E-state index contributed by atoms with van der Waals surface area (Å²) in [4.78, 5) is 22.1. The lowest BCUT2D eigenvalue weighted by Gasteiger charge is -2.30. The van der Waals surface area contributed by atoms with Gasteiger partial charge in [0.25, 0.3) is 0 Å². The zero-order valence-corrected chi connectivity index (χ0v) is 11.3. The van der Waals surface area contributed by atoms with E-state index in [4.69, 9.17) is 9.84 Å². The van der Waals surface area contributed by atoms with E-state index in [1.54, 1.807) is 0 Å². The van der Waals surface area contributed by atoms with Gasteiger partial charge in [0.15, 0.2) is 0 Å². The SMILES string of the molecule is C[C@@H]1C[C@@H](NC(=O)NCCC(=O)O)c2ccccc2O1. The van der Waals surface area contributed by atoms with Crippen LogP contribution in [0.15, 0.2) is 24.3 Å². The first-order chi connectivity index (χ1) is 9.56. The van der Waals surface area contributed by atoms with Crippen molar-refractivity contribution in [3.63, 3.8) is 0 Å². The Hall–Kier alpha value is -2.24. The molecule has 0 unspecified atom stereocenters. The average Bonchev–Trinajstić information content (AvgIpc) is 2.38. The average molecular weight is 278 g/mol. The van der Waals surface area contributed by atoms with E-state index < -0.39 is 5.97 Å². The number of carbonyl (C=O) groups excluding carboxylic acids is 1. The van der Waals surface area contributed by atoms with E-state index in [1.165, 1.54) is 0 Å². The highest BCUT2D eigenvalue weighted by Gasteiger charge is 2.26. The number of para-hydroxylation sites is 1. The number of hydrogen-bond donors (Lipinski definition) is 3. The number of ether oxygens (including phenoxy) is 1. The van der Waals surface area contributed by atoms with Crippen molar-refractivity contribution in [1.29, 1.82) is 0 Å². The molecule has 0 saturated heterocycles. The van der Waals surface area contributed by atoms with Crippen molar-refractivity contribution in [2.24, 2.45) is 0 Å². The topological polar surface area (TPSA) is 87.7 Å². The third-order valence-corrected chi connectivity index (χ3v) is 3.12. The molecule has 0 bridgehead atoms. The lowest BCUT2D eigenvalue weighted by atomic mass is 9.97. The van der Waals surface area contributed by atoms with Crippen molar-refractivity contribution in [1.82, 2.24) is 10.6 Å². The lowest BCUT2D eigenvalue weighted by Crippen LogP contribution is -2.41. The summed E-state index contributed by atoms with van der Waals surface area (Å²) < 4.78 is 5.71. The summed E-state index contributed by atoms with van der Waals surface area (Å²) in [7, 11) is 0. The van der Waals surface area contributed by atoms with Crippen molar-refractivity contribution in [3.05, 3.63) is 29.8 Å².